The summed E-state index contributed by atoms with van der Waals surface area (Å²) in [7, 11) is 2.04. The largest absolute Gasteiger partial charge is 0.224 e. The van der Waals surface area contributed by atoms with E-state index in [0.717, 1.165) is 6.42 Å². The van der Waals surface area contributed by atoms with Crippen molar-refractivity contribution in [3.05, 3.63) is 23.5 Å². The number of rotatable bonds is 1. The molecule has 0 atom stereocenters. The summed E-state index contributed by atoms with van der Waals surface area (Å²) >= 11 is 1.71. The van der Waals surface area contributed by atoms with Gasteiger partial charge in [0, 0.05) is 6.42 Å². The fourth-order valence-corrected chi connectivity index (χ4v) is 1.41. The molecule has 0 spiro atoms. The molecule has 0 N–H and O–H groups in total. The van der Waals surface area contributed by atoms with E-state index < -0.39 is 0 Å². The van der Waals surface area contributed by atoms with Crippen LogP contribution in [0.5, 0.6) is 0 Å². The van der Waals surface area contributed by atoms with Crippen LogP contribution in [0.25, 0.3) is 0 Å². The van der Waals surface area contributed by atoms with E-state index in [1.54, 1.807) is 11.3 Å². The number of nitrogens with zero attached hydrogens (tertiary/aromatic N) is 1. The van der Waals surface area contributed by atoms with Crippen LogP contribution >= 0.6 is 11.3 Å². The van der Waals surface area contributed by atoms with E-state index in [9.17, 15) is 0 Å². The van der Waals surface area contributed by atoms with Gasteiger partial charge in [-0.2, -0.15) is 4.57 Å². The van der Waals surface area contributed by atoms with Crippen LogP contribution in [0.15, 0.2) is 10.9 Å². The molecule has 0 fully saturated rings. The second-order valence-electron chi connectivity index (χ2n) is 1.71. The maximum atomic E-state index is 3.77. The van der Waals surface area contributed by atoms with Crippen LogP contribution in [-0.2, 0) is 13.5 Å². The van der Waals surface area contributed by atoms with Crippen LogP contribution in [0, 0.1) is 6.92 Å². The fourth-order valence-electron chi connectivity index (χ4n) is 0.586. The van der Waals surface area contributed by atoms with Crippen molar-refractivity contribution in [3.8, 4) is 0 Å². The van der Waals surface area contributed by atoms with Gasteiger partial charge in [0.1, 0.15) is 7.05 Å². The summed E-state index contributed by atoms with van der Waals surface area (Å²) in [6, 6.07) is 0. The maximum absolute atomic E-state index is 3.77. The van der Waals surface area contributed by atoms with E-state index >= 15 is 0 Å². The summed E-state index contributed by atoms with van der Waals surface area (Å²) < 4.78 is 2.09. The van der Waals surface area contributed by atoms with Crippen LogP contribution in [-0.4, -0.2) is 0 Å². The number of aryl methyl sites for hydroxylation is 1. The molecule has 1 aromatic rings. The first-order chi connectivity index (χ1) is 3.84. The third-order valence-electron chi connectivity index (χ3n) is 1.13. The van der Waals surface area contributed by atoms with Crippen LogP contribution in [0.4, 0.5) is 0 Å². The lowest BCUT2D eigenvalue weighted by Crippen LogP contribution is -2.28. The van der Waals surface area contributed by atoms with Gasteiger partial charge in [-0.25, -0.2) is 0 Å². The number of hydrogen-bond acceptors (Lipinski definition) is 1. The van der Waals surface area contributed by atoms with Gasteiger partial charge in [-0.3, -0.25) is 0 Å². The topological polar surface area (TPSA) is 3.88 Å². The van der Waals surface area contributed by atoms with Gasteiger partial charge in [0.05, 0.1) is 5.38 Å². The van der Waals surface area contributed by atoms with Crippen molar-refractivity contribution in [1.82, 2.24) is 0 Å². The van der Waals surface area contributed by atoms with Gasteiger partial charge >= 0.3 is 0 Å². The molecule has 1 radical (unpaired) electrons. The van der Waals surface area contributed by atoms with Gasteiger partial charge in [0.25, 0.3) is 0 Å². The molecular weight excluding hydrogens is 118 g/mol. The van der Waals surface area contributed by atoms with Crippen molar-refractivity contribution in [2.45, 2.75) is 6.42 Å². The predicted octanol–water partition coefficient (Wildman–Crippen LogP) is 0.949. The van der Waals surface area contributed by atoms with Crippen LogP contribution < -0.4 is 4.57 Å². The summed E-state index contributed by atoms with van der Waals surface area (Å²) in [5.74, 6) is 0. The highest BCUT2D eigenvalue weighted by atomic mass is 32.1. The van der Waals surface area contributed by atoms with Crippen LogP contribution in [0.2, 0.25) is 0 Å². The average molecular weight is 127 g/mol. The Kier molecular flexibility index (Phi) is 1.63. The smallest absolute Gasteiger partial charge is 0.195 e. The standard InChI is InChI=1S/C6H9NS/c1-3-6-4-8-5-7(6)2/h4-5H,1,3H2,2H3/q+1. The van der Waals surface area contributed by atoms with E-state index in [4.69, 9.17) is 0 Å². The Hall–Kier alpha value is -0.370. The first-order valence-corrected chi connectivity index (χ1v) is 3.49. The Balaban J connectivity index is 2.92. The van der Waals surface area contributed by atoms with Crippen molar-refractivity contribution in [3.63, 3.8) is 0 Å². The summed E-state index contributed by atoms with van der Waals surface area (Å²) in [6.07, 6.45) is 0.889. The van der Waals surface area contributed by atoms with Gasteiger partial charge in [-0.05, 0) is 6.92 Å². The van der Waals surface area contributed by atoms with E-state index in [0.29, 0.717) is 0 Å². The Morgan fingerprint density at radius 3 is 2.88 bits per heavy atom. The zero-order valence-electron chi connectivity index (χ0n) is 4.92. The minimum absolute atomic E-state index is 0.889. The summed E-state index contributed by atoms with van der Waals surface area (Å²) in [5.41, 5.74) is 3.37. The second-order valence-corrected chi connectivity index (χ2v) is 2.43. The summed E-state index contributed by atoms with van der Waals surface area (Å²) in [4.78, 5) is 0. The summed E-state index contributed by atoms with van der Waals surface area (Å²) in [6.45, 7) is 3.77. The first kappa shape index (κ1) is 5.76. The molecule has 2 heteroatoms. The highest BCUT2D eigenvalue weighted by Crippen LogP contribution is 1.96. The lowest BCUT2D eigenvalue weighted by atomic mass is 10.4. The Bertz CT molecular complexity index is 169. The molecule has 0 aliphatic heterocycles. The molecule has 0 saturated carbocycles. The molecule has 0 saturated heterocycles. The molecule has 1 aromatic heterocycles. The monoisotopic (exact) mass is 127 g/mol. The van der Waals surface area contributed by atoms with Gasteiger partial charge in [-0.15, -0.1) is 0 Å². The molecule has 0 unspecified atom stereocenters. The molecule has 1 heterocycles. The number of thiazole rings is 1. The van der Waals surface area contributed by atoms with E-state index in [2.05, 4.69) is 22.4 Å². The molecule has 1 nitrogen and oxygen atoms in total. The van der Waals surface area contributed by atoms with Crippen molar-refractivity contribution in [2.24, 2.45) is 7.05 Å². The number of hydrogen-bond donors (Lipinski definition) is 0. The van der Waals surface area contributed by atoms with E-state index in [-0.39, 0.29) is 0 Å². The Morgan fingerprint density at radius 2 is 2.62 bits per heavy atom. The minimum atomic E-state index is 0.889. The minimum Gasteiger partial charge on any atom is -0.195 e. The first-order valence-electron chi connectivity index (χ1n) is 2.54. The van der Waals surface area contributed by atoms with Gasteiger partial charge < -0.3 is 0 Å². The van der Waals surface area contributed by atoms with Crippen molar-refractivity contribution >= 4 is 11.3 Å². The zero-order chi connectivity index (χ0) is 5.98. The van der Waals surface area contributed by atoms with Gasteiger partial charge in [-0.1, -0.05) is 11.3 Å². The van der Waals surface area contributed by atoms with Crippen LogP contribution in [0.3, 0.4) is 0 Å². The highest BCUT2D eigenvalue weighted by molar-refractivity contribution is 7.07. The van der Waals surface area contributed by atoms with Gasteiger partial charge in [0.15, 0.2) is 5.69 Å². The number of aromatic nitrogens is 1. The average Bonchev–Trinajstić information content (AvgIpc) is 2.14. The molecule has 0 aromatic carbocycles. The third kappa shape index (κ3) is 0.892. The van der Waals surface area contributed by atoms with E-state index in [1.807, 2.05) is 7.05 Å². The van der Waals surface area contributed by atoms with E-state index in [1.165, 1.54) is 5.69 Å². The fraction of sp³-hybridized carbons (Fsp3) is 0.333. The molecule has 43 valence electrons. The molecule has 8 heavy (non-hydrogen) atoms. The Labute approximate surface area is 53.6 Å². The highest BCUT2D eigenvalue weighted by Gasteiger charge is 2.01. The molecular formula is C6H9NS+. The van der Waals surface area contributed by atoms with Crippen LogP contribution in [0.1, 0.15) is 5.69 Å². The van der Waals surface area contributed by atoms with Crippen molar-refractivity contribution < 1.29 is 4.57 Å². The van der Waals surface area contributed by atoms with Gasteiger partial charge in [0.2, 0.25) is 5.51 Å². The molecule has 0 bridgehead atoms. The second kappa shape index (κ2) is 2.27. The third-order valence-corrected chi connectivity index (χ3v) is 1.98. The molecule has 0 amide bonds. The lowest BCUT2D eigenvalue weighted by molar-refractivity contribution is -0.673. The normalized spacial score (nSPS) is 9.75. The Morgan fingerprint density at radius 1 is 1.88 bits per heavy atom. The lowest BCUT2D eigenvalue weighted by Gasteiger charge is -1.81. The quantitative estimate of drug-likeness (QED) is 0.494. The molecule has 0 aliphatic rings. The summed E-state index contributed by atoms with van der Waals surface area (Å²) in [5, 5.41) is 2.12. The van der Waals surface area contributed by atoms with Crippen molar-refractivity contribution in [2.75, 3.05) is 0 Å². The van der Waals surface area contributed by atoms with Crippen molar-refractivity contribution in [1.29, 1.82) is 0 Å². The zero-order valence-corrected chi connectivity index (χ0v) is 5.74. The SMILES string of the molecule is [CH2]Cc1csc[n+]1C. The molecule has 0 aliphatic carbocycles. The maximum Gasteiger partial charge on any atom is 0.224 e. The predicted molar refractivity (Wildman–Crippen MR) is 34.6 cm³/mol. The molecule has 1 rings (SSSR count).